The summed E-state index contributed by atoms with van der Waals surface area (Å²) in [5.41, 5.74) is 6.14. The van der Waals surface area contributed by atoms with E-state index in [1.807, 2.05) is 13.8 Å². The molecule has 0 unspecified atom stereocenters. The highest BCUT2D eigenvalue weighted by atomic mass is 79.9. The van der Waals surface area contributed by atoms with Crippen molar-refractivity contribution >= 4 is 66.3 Å². The number of carbonyl (C=O) groups is 1. The zero-order valence-electron chi connectivity index (χ0n) is 9.37. The first-order valence-corrected chi connectivity index (χ1v) is 7.68. The zero-order valence-corrected chi connectivity index (χ0v) is 14.2. The molecule has 1 rings (SSSR count). The van der Waals surface area contributed by atoms with Gasteiger partial charge in [0.15, 0.2) is 0 Å². The van der Waals surface area contributed by atoms with Crippen LogP contribution >= 0.6 is 55.4 Å². The van der Waals surface area contributed by atoms with Crippen molar-refractivity contribution in [2.45, 2.75) is 19.9 Å². The number of nitrogens with two attached hydrogens (primary N) is 1. The predicted octanol–water partition coefficient (Wildman–Crippen LogP) is 3.41. The summed E-state index contributed by atoms with van der Waals surface area (Å²) in [7, 11) is 0. The maximum Gasteiger partial charge on any atom is 0.256 e. The lowest BCUT2D eigenvalue weighted by molar-refractivity contribution is 0.0736. The van der Waals surface area contributed by atoms with Crippen molar-refractivity contribution in [1.82, 2.24) is 4.90 Å². The van der Waals surface area contributed by atoms with Crippen molar-refractivity contribution in [3.63, 3.8) is 0 Å². The molecule has 0 aliphatic rings. The third kappa shape index (κ3) is 4.01. The van der Waals surface area contributed by atoms with Crippen molar-refractivity contribution in [2.75, 3.05) is 6.54 Å². The van der Waals surface area contributed by atoms with E-state index >= 15 is 0 Å². The lowest BCUT2D eigenvalue weighted by Crippen LogP contribution is -2.42. The largest absolute Gasteiger partial charge is 0.392 e. The van der Waals surface area contributed by atoms with Gasteiger partial charge in [-0.2, -0.15) is 0 Å². The lowest BCUT2D eigenvalue weighted by Gasteiger charge is -2.26. The first kappa shape index (κ1) is 15.1. The predicted molar refractivity (Wildman–Crippen MR) is 82.7 cm³/mol. The van der Waals surface area contributed by atoms with Crippen LogP contribution in [0.2, 0.25) is 0 Å². The smallest absolute Gasteiger partial charge is 0.256 e. The van der Waals surface area contributed by atoms with Crippen LogP contribution in [0.15, 0.2) is 13.6 Å². The quantitative estimate of drug-likeness (QED) is 0.789. The molecule has 0 aliphatic carbocycles. The number of nitrogens with zero attached hydrogens (tertiary/aromatic N) is 1. The highest BCUT2D eigenvalue weighted by molar-refractivity contribution is 9.12. The summed E-state index contributed by atoms with van der Waals surface area (Å²) in [5.74, 6) is -0.0679. The molecule has 0 bridgehead atoms. The van der Waals surface area contributed by atoms with E-state index in [2.05, 4.69) is 31.9 Å². The van der Waals surface area contributed by atoms with Gasteiger partial charge in [-0.25, -0.2) is 0 Å². The molecule has 1 aromatic rings. The molecular weight excluding hydrogens is 388 g/mol. The van der Waals surface area contributed by atoms with Crippen LogP contribution in [0.3, 0.4) is 0 Å². The molecular formula is C10H12Br2N2OS2. The third-order valence-corrected chi connectivity index (χ3v) is 4.57. The second-order valence-electron chi connectivity index (χ2n) is 3.73. The molecule has 1 amide bonds. The fourth-order valence-electron chi connectivity index (χ4n) is 1.30. The van der Waals surface area contributed by atoms with Gasteiger partial charge in [-0.3, -0.25) is 4.79 Å². The second-order valence-corrected chi connectivity index (χ2v) is 8.00. The van der Waals surface area contributed by atoms with Crippen molar-refractivity contribution in [3.05, 3.63) is 19.2 Å². The topological polar surface area (TPSA) is 46.3 Å². The summed E-state index contributed by atoms with van der Waals surface area (Å²) in [6, 6.07) is 1.85. The van der Waals surface area contributed by atoms with E-state index in [0.29, 0.717) is 17.1 Å². The molecule has 0 aliphatic heterocycles. The summed E-state index contributed by atoms with van der Waals surface area (Å²) in [6.07, 6.45) is 0. The van der Waals surface area contributed by atoms with Crippen LogP contribution in [0.1, 0.15) is 24.2 Å². The Morgan fingerprint density at radius 2 is 2.18 bits per heavy atom. The minimum atomic E-state index is -0.0679. The van der Waals surface area contributed by atoms with E-state index in [9.17, 15) is 4.79 Å². The molecule has 3 nitrogen and oxygen atoms in total. The van der Waals surface area contributed by atoms with Gasteiger partial charge < -0.3 is 10.6 Å². The van der Waals surface area contributed by atoms with E-state index in [1.54, 1.807) is 11.0 Å². The molecule has 0 saturated heterocycles. The number of thiophene rings is 1. The van der Waals surface area contributed by atoms with Gasteiger partial charge in [0, 0.05) is 6.04 Å². The van der Waals surface area contributed by atoms with Crippen LogP contribution in [0.4, 0.5) is 0 Å². The average Bonchev–Trinajstić information content (AvgIpc) is 2.52. The Balaban J connectivity index is 2.99. The summed E-state index contributed by atoms with van der Waals surface area (Å²) >= 11 is 13.1. The Labute approximate surface area is 127 Å². The SMILES string of the molecule is CC(C)N(CC(N)=S)C(=O)c1cc(Br)sc1Br. The number of hydrogen-bond acceptors (Lipinski definition) is 3. The van der Waals surface area contributed by atoms with Gasteiger partial charge in [-0.1, -0.05) is 12.2 Å². The van der Waals surface area contributed by atoms with Crippen molar-refractivity contribution in [1.29, 1.82) is 0 Å². The first-order chi connectivity index (χ1) is 7.82. The standard InChI is InChI=1S/C10H12Br2N2OS2/c1-5(2)14(4-8(13)16)10(15)6-3-7(11)17-9(6)12/h3,5H,4H2,1-2H3,(H2,13,16). The van der Waals surface area contributed by atoms with Gasteiger partial charge >= 0.3 is 0 Å². The maximum atomic E-state index is 12.3. The van der Waals surface area contributed by atoms with Gasteiger partial charge in [-0.15, -0.1) is 11.3 Å². The van der Waals surface area contributed by atoms with Gasteiger partial charge in [0.2, 0.25) is 0 Å². The maximum absolute atomic E-state index is 12.3. The number of amides is 1. The van der Waals surface area contributed by atoms with E-state index in [4.69, 9.17) is 18.0 Å². The number of thiocarbonyl (C=S) groups is 1. The van der Waals surface area contributed by atoms with Crippen LogP contribution < -0.4 is 5.73 Å². The molecule has 1 aromatic heterocycles. The summed E-state index contributed by atoms with van der Waals surface area (Å²) < 4.78 is 1.72. The van der Waals surface area contributed by atoms with Crippen LogP contribution in [0.5, 0.6) is 0 Å². The van der Waals surface area contributed by atoms with Gasteiger partial charge in [0.25, 0.3) is 5.91 Å². The summed E-state index contributed by atoms with van der Waals surface area (Å²) in [5, 5.41) is 0. The normalized spacial score (nSPS) is 10.6. The Morgan fingerprint density at radius 3 is 2.53 bits per heavy atom. The van der Waals surface area contributed by atoms with Gasteiger partial charge in [0.1, 0.15) is 0 Å². The molecule has 1 heterocycles. The highest BCUT2D eigenvalue weighted by Gasteiger charge is 2.22. The Hall–Kier alpha value is 0.0200. The van der Waals surface area contributed by atoms with Crippen LogP contribution in [-0.2, 0) is 0 Å². The minimum Gasteiger partial charge on any atom is -0.392 e. The minimum absolute atomic E-state index is 0.0505. The van der Waals surface area contributed by atoms with Crippen molar-refractivity contribution in [2.24, 2.45) is 5.73 Å². The Morgan fingerprint density at radius 1 is 1.59 bits per heavy atom. The molecule has 2 N–H and O–H groups in total. The molecule has 7 heteroatoms. The molecule has 94 valence electrons. The van der Waals surface area contributed by atoms with E-state index in [0.717, 1.165) is 7.57 Å². The van der Waals surface area contributed by atoms with Crippen molar-refractivity contribution < 1.29 is 4.79 Å². The highest BCUT2D eigenvalue weighted by Crippen LogP contribution is 2.32. The number of hydrogen-bond donors (Lipinski definition) is 1. The Kier molecular flexibility index (Phi) is 5.56. The van der Waals surface area contributed by atoms with Crippen LogP contribution in [0, 0.1) is 0 Å². The molecule has 0 atom stereocenters. The zero-order chi connectivity index (χ0) is 13.2. The molecule has 0 aromatic carbocycles. The van der Waals surface area contributed by atoms with E-state index in [-0.39, 0.29) is 11.9 Å². The molecule has 17 heavy (non-hydrogen) atoms. The monoisotopic (exact) mass is 398 g/mol. The molecule has 0 fully saturated rings. The fourth-order valence-corrected chi connectivity index (χ4v) is 4.21. The fraction of sp³-hybridized carbons (Fsp3) is 0.400. The van der Waals surface area contributed by atoms with E-state index in [1.165, 1.54) is 11.3 Å². The first-order valence-electron chi connectivity index (χ1n) is 4.87. The number of rotatable bonds is 4. The molecule has 0 spiro atoms. The molecule has 0 saturated carbocycles. The van der Waals surface area contributed by atoms with Crippen molar-refractivity contribution in [3.8, 4) is 0 Å². The van der Waals surface area contributed by atoms with Crippen LogP contribution in [-0.4, -0.2) is 28.4 Å². The lowest BCUT2D eigenvalue weighted by atomic mass is 10.2. The molecule has 0 radical (unpaired) electrons. The summed E-state index contributed by atoms with van der Waals surface area (Å²) in [6.45, 7) is 4.17. The second kappa shape index (κ2) is 6.26. The third-order valence-electron chi connectivity index (χ3n) is 2.10. The van der Waals surface area contributed by atoms with Crippen LogP contribution in [0.25, 0.3) is 0 Å². The number of carbonyl (C=O) groups excluding carboxylic acids is 1. The number of halogens is 2. The summed E-state index contributed by atoms with van der Waals surface area (Å²) in [4.78, 5) is 14.3. The van der Waals surface area contributed by atoms with Gasteiger partial charge in [0.05, 0.1) is 24.7 Å². The Bertz CT molecular complexity index is 446. The average molecular weight is 400 g/mol. The van der Waals surface area contributed by atoms with Gasteiger partial charge in [-0.05, 0) is 51.8 Å². The van der Waals surface area contributed by atoms with E-state index < -0.39 is 0 Å².